The number of esters is 1. The number of aliphatic hydroxyl groups excluding tert-OH is 1. The van der Waals surface area contributed by atoms with Crippen molar-refractivity contribution in [3.05, 3.63) is 0 Å². The summed E-state index contributed by atoms with van der Waals surface area (Å²) in [6.07, 6.45) is 0.678. The first kappa shape index (κ1) is 9.48. The van der Waals surface area contributed by atoms with E-state index in [9.17, 15) is 9.90 Å². The molecule has 0 bridgehead atoms. The van der Waals surface area contributed by atoms with Crippen LogP contribution in [0.5, 0.6) is 0 Å². The number of hydrogen-bond acceptors (Lipinski definition) is 4. The second kappa shape index (κ2) is 4.42. The van der Waals surface area contributed by atoms with Crippen LogP contribution in [0.2, 0.25) is 0 Å². The summed E-state index contributed by atoms with van der Waals surface area (Å²) in [7, 11) is 1.37. The molecule has 4 nitrogen and oxygen atoms in total. The van der Waals surface area contributed by atoms with E-state index in [0.29, 0.717) is 13.0 Å². The second-order valence-corrected chi connectivity index (χ2v) is 3.10. The molecular formula is C8H15NO3. The molecule has 1 rings (SSSR count). The molecule has 1 saturated heterocycles. The van der Waals surface area contributed by atoms with E-state index >= 15 is 0 Å². The minimum absolute atomic E-state index is 0.0196. The van der Waals surface area contributed by atoms with Crippen molar-refractivity contribution in [2.75, 3.05) is 20.2 Å². The van der Waals surface area contributed by atoms with Gasteiger partial charge < -0.3 is 15.2 Å². The van der Waals surface area contributed by atoms with Crippen molar-refractivity contribution in [1.29, 1.82) is 0 Å². The molecule has 0 saturated carbocycles. The van der Waals surface area contributed by atoms with Crippen molar-refractivity contribution in [1.82, 2.24) is 5.32 Å². The smallest absolute Gasteiger partial charge is 0.305 e. The molecule has 70 valence electrons. The quantitative estimate of drug-likeness (QED) is 0.554. The zero-order valence-corrected chi connectivity index (χ0v) is 7.25. The van der Waals surface area contributed by atoms with E-state index in [1.807, 2.05) is 0 Å². The van der Waals surface area contributed by atoms with Crippen molar-refractivity contribution < 1.29 is 14.6 Å². The van der Waals surface area contributed by atoms with Crippen LogP contribution in [0, 0.1) is 5.92 Å². The van der Waals surface area contributed by atoms with Gasteiger partial charge >= 0.3 is 5.97 Å². The molecule has 1 aliphatic heterocycles. The molecule has 2 atom stereocenters. The van der Waals surface area contributed by atoms with E-state index in [0.717, 1.165) is 13.0 Å². The monoisotopic (exact) mass is 173 g/mol. The van der Waals surface area contributed by atoms with Gasteiger partial charge in [-0.05, 0) is 13.0 Å². The highest BCUT2D eigenvalue weighted by Crippen LogP contribution is 2.15. The van der Waals surface area contributed by atoms with Gasteiger partial charge in [0, 0.05) is 12.5 Å². The summed E-state index contributed by atoms with van der Waals surface area (Å²) in [5.74, 6) is -0.228. The van der Waals surface area contributed by atoms with Gasteiger partial charge in [-0.1, -0.05) is 0 Å². The Kier molecular flexibility index (Phi) is 3.49. The summed E-state index contributed by atoms with van der Waals surface area (Å²) < 4.78 is 4.52. The van der Waals surface area contributed by atoms with Crippen LogP contribution in [0.1, 0.15) is 12.8 Å². The number of piperidine rings is 1. The fourth-order valence-corrected chi connectivity index (χ4v) is 1.41. The largest absolute Gasteiger partial charge is 0.469 e. The first-order valence-electron chi connectivity index (χ1n) is 4.19. The van der Waals surface area contributed by atoms with Crippen LogP contribution in [-0.2, 0) is 9.53 Å². The fourth-order valence-electron chi connectivity index (χ4n) is 1.41. The van der Waals surface area contributed by atoms with E-state index < -0.39 is 0 Å². The normalized spacial score (nSPS) is 29.8. The molecule has 0 amide bonds. The Morgan fingerprint density at radius 2 is 2.50 bits per heavy atom. The number of aliphatic hydroxyl groups is 1. The number of methoxy groups -OCH3 is 1. The predicted octanol–water partition coefficient (Wildman–Crippen LogP) is -0.480. The summed E-state index contributed by atoms with van der Waals surface area (Å²) in [5.41, 5.74) is 0. The Hall–Kier alpha value is -0.610. The highest BCUT2D eigenvalue weighted by atomic mass is 16.5. The molecular weight excluding hydrogens is 158 g/mol. The summed E-state index contributed by atoms with van der Waals surface area (Å²) in [6.45, 7) is 1.54. The maximum absolute atomic E-state index is 10.9. The van der Waals surface area contributed by atoms with Gasteiger partial charge in [0.1, 0.15) is 0 Å². The van der Waals surface area contributed by atoms with Gasteiger partial charge in [0.25, 0.3) is 0 Å². The van der Waals surface area contributed by atoms with Gasteiger partial charge in [-0.15, -0.1) is 0 Å². The van der Waals surface area contributed by atoms with Crippen LogP contribution < -0.4 is 5.32 Å². The zero-order chi connectivity index (χ0) is 8.97. The van der Waals surface area contributed by atoms with Gasteiger partial charge in [0.15, 0.2) is 0 Å². The minimum atomic E-state index is -0.356. The number of ether oxygens (including phenoxy) is 1. The third-order valence-corrected chi connectivity index (χ3v) is 2.22. The average molecular weight is 173 g/mol. The SMILES string of the molecule is COC(=O)C[C@H]1CNCC[C@@H]1O. The molecule has 0 unspecified atom stereocenters. The molecule has 4 heteroatoms. The van der Waals surface area contributed by atoms with Crippen LogP contribution in [-0.4, -0.2) is 37.4 Å². The molecule has 1 aliphatic rings. The van der Waals surface area contributed by atoms with Crippen LogP contribution in [0.25, 0.3) is 0 Å². The Balaban J connectivity index is 2.33. The third kappa shape index (κ3) is 2.46. The van der Waals surface area contributed by atoms with Crippen molar-refractivity contribution in [2.45, 2.75) is 18.9 Å². The van der Waals surface area contributed by atoms with Gasteiger partial charge in [0.2, 0.25) is 0 Å². The van der Waals surface area contributed by atoms with E-state index in [4.69, 9.17) is 0 Å². The zero-order valence-electron chi connectivity index (χ0n) is 7.25. The number of carbonyl (C=O) groups excluding carboxylic acids is 1. The molecule has 1 heterocycles. The second-order valence-electron chi connectivity index (χ2n) is 3.10. The lowest BCUT2D eigenvalue weighted by Crippen LogP contribution is -2.40. The van der Waals surface area contributed by atoms with E-state index in [1.54, 1.807) is 0 Å². The maximum Gasteiger partial charge on any atom is 0.305 e. The topological polar surface area (TPSA) is 58.6 Å². The standard InChI is InChI=1S/C8H15NO3/c1-12-8(11)4-6-5-9-3-2-7(6)10/h6-7,9-10H,2-5H2,1H3/t6-,7-/m0/s1. The summed E-state index contributed by atoms with van der Waals surface area (Å²) in [4.78, 5) is 10.9. The molecule has 0 aromatic rings. The molecule has 12 heavy (non-hydrogen) atoms. The van der Waals surface area contributed by atoms with E-state index in [2.05, 4.69) is 10.1 Å². The molecule has 0 aliphatic carbocycles. The Bertz CT molecular complexity index is 160. The van der Waals surface area contributed by atoms with Gasteiger partial charge in [-0.25, -0.2) is 0 Å². The van der Waals surface area contributed by atoms with Crippen LogP contribution in [0.4, 0.5) is 0 Å². The van der Waals surface area contributed by atoms with Crippen LogP contribution in [0.3, 0.4) is 0 Å². The van der Waals surface area contributed by atoms with Gasteiger partial charge in [-0.2, -0.15) is 0 Å². The Morgan fingerprint density at radius 3 is 3.08 bits per heavy atom. The number of hydrogen-bond donors (Lipinski definition) is 2. The third-order valence-electron chi connectivity index (χ3n) is 2.22. The van der Waals surface area contributed by atoms with E-state index in [1.165, 1.54) is 7.11 Å². The van der Waals surface area contributed by atoms with Crippen molar-refractivity contribution in [3.8, 4) is 0 Å². The lowest BCUT2D eigenvalue weighted by Gasteiger charge is -2.27. The predicted molar refractivity (Wildman–Crippen MR) is 43.6 cm³/mol. The van der Waals surface area contributed by atoms with Crippen molar-refractivity contribution >= 4 is 5.97 Å². The molecule has 0 aromatic heterocycles. The molecule has 1 fully saturated rings. The van der Waals surface area contributed by atoms with E-state index in [-0.39, 0.29) is 18.0 Å². The summed E-state index contributed by atoms with van der Waals surface area (Å²) >= 11 is 0. The van der Waals surface area contributed by atoms with Crippen LogP contribution in [0.15, 0.2) is 0 Å². The Labute approximate surface area is 71.9 Å². The lowest BCUT2D eigenvalue weighted by molar-refractivity contribution is -0.143. The molecule has 0 spiro atoms. The van der Waals surface area contributed by atoms with Gasteiger partial charge in [0.05, 0.1) is 19.6 Å². The molecule has 0 aromatic carbocycles. The molecule has 0 radical (unpaired) electrons. The average Bonchev–Trinajstić information content (AvgIpc) is 2.09. The summed E-state index contributed by atoms with van der Waals surface area (Å²) in [5, 5.41) is 12.6. The number of carbonyl (C=O) groups is 1. The highest BCUT2D eigenvalue weighted by Gasteiger charge is 2.25. The highest BCUT2D eigenvalue weighted by molar-refractivity contribution is 5.69. The van der Waals surface area contributed by atoms with Crippen LogP contribution >= 0.6 is 0 Å². The molecule has 2 N–H and O–H groups in total. The first-order chi connectivity index (χ1) is 5.74. The van der Waals surface area contributed by atoms with Crippen molar-refractivity contribution in [3.63, 3.8) is 0 Å². The Morgan fingerprint density at radius 1 is 1.75 bits per heavy atom. The number of nitrogens with one attached hydrogen (secondary N) is 1. The lowest BCUT2D eigenvalue weighted by atomic mass is 9.93. The first-order valence-corrected chi connectivity index (χ1v) is 4.19. The summed E-state index contributed by atoms with van der Waals surface area (Å²) in [6, 6.07) is 0. The maximum atomic E-state index is 10.9. The fraction of sp³-hybridized carbons (Fsp3) is 0.875. The van der Waals surface area contributed by atoms with Crippen molar-refractivity contribution in [2.24, 2.45) is 5.92 Å². The minimum Gasteiger partial charge on any atom is -0.469 e. The number of rotatable bonds is 2. The van der Waals surface area contributed by atoms with Gasteiger partial charge in [-0.3, -0.25) is 4.79 Å².